The molecule has 1 fully saturated rings. The van der Waals surface area contributed by atoms with Crippen molar-refractivity contribution in [3.63, 3.8) is 0 Å². The molecule has 1 saturated carbocycles. The summed E-state index contributed by atoms with van der Waals surface area (Å²) in [6.07, 6.45) is 3.20. The molecule has 4 nitrogen and oxygen atoms in total. The number of nitrogens with two attached hydrogens (primary N) is 1. The maximum Gasteiger partial charge on any atom is 0.191 e. The zero-order valence-corrected chi connectivity index (χ0v) is 10.3. The zero-order chi connectivity index (χ0) is 10.3. The fraction of sp³-hybridized carbons (Fsp3) is 0.400. The van der Waals surface area contributed by atoms with Gasteiger partial charge in [-0.2, -0.15) is 5.10 Å². The molecule has 2 aromatic heterocycles. The van der Waals surface area contributed by atoms with Crippen molar-refractivity contribution in [3.8, 4) is 10.7 Å². The average molecular weight is 257 g/mol. The Hall–Kier alpha value is -0.910. The summed E-state index contributed by atoms with van der Waals surface area (Å²) in [6.45, 7) is 0. The van der Waals surface area contributed by atoms with Gasteiger partial charge in [-0.1, -0.05) is 6.07 Å². The third-order valence-electron chi connectivity index (χ3n) is 2.94. The molecular weight excluding hydrogens is 244 g/mol. The first-order valence-corrected chi connectivity index (χ1v) is 5.92. The van der Waals surface area contributed by atoms with Gasteiger partial charge >= 0.3 is 0 Å². The summed E-state index contributed by atoms with van der Waals surface area (Å²) in [5, 5.41) is 9.18. The number of H-pyrrole nitrogens is 1. The minimum absolute atomic E-state index is 0. The van der Waals surface area contributed by atoms with Gasteiger partial charge in [0, 0.05) is 0 Å². The fourth-order valence-electron chi connectivity index (χ4n) is 1.79. The summed E-state index contributed by atoms with van der Waals surface area (Å²) >= 11 is 1.64. The first kappa shape index (κ1) is 11.6. The Morgan fingerprint density at radius 2 is 2.25 bits per heavy atom. The van der Waals surface area contributed by atoms with Crippen LogP contribution in [-0.2, 0) is 5.54 Å². The number of aromatic amines is 1. The second kappa shape index (κ2) is 4.16. The van der Waals surface area contributed by atoms with Crippen molar-refractivity contribution in [1.82, 2.24) is 15.2 Å². The summed E-state index contributed by atoms with van der Waals surface area (Å²) in [5.41, 5.74) is 5.91. The quantitative estimate of drug-likeness (QED) is 0.866. The molecule has 0 saturated heterocycles. The van der Waals surface area contributed by atoms with E-state index in [-0.39, 0.29) is 17.9 Å². The third-order valence-corrected chi connectivity index (χ3v) is 3.81. The highest BCUT2D eigenvalue weighted by atomic mass is 35.5. The molecule has 0 spiro atoms. The predicted molar refractivity (Wildman–Crippen MR) is 66.7 cm³/mol. The third kappa shape index (κ3) is 1.75. The highest BCUT2D eigenvalue weighted by molar-refractivity contribution is 7.13. The maximum atomic E-state index is 6.16. The molecule has 6 heteroatoms. The Labute approximate surface area is 104 Å². The molecule has 0 atom stereocenters. The first-order chi connectivity index (χ1) is 7.28. The standard InChI is InChI=1S/C10H12N4S.ClH/c11-10(4-2-5-10)9-12-8(13-14-9)7-3-1-6-15-7;/h1,3,6H,2,4-5,11H2,(H,12,13,14);1H. The van der Waals surface area contributed by atoms with Gasteiger partial charge in [-0.05, 0) is 30.7 Å². The lowest BCUT2D eigenvalue weighted by Crippen LogP contribution is -2.44. The number of thiophene rings is 1. The van der Waals surface area contributed by atoms with Gasteiger partial charge in [0.1, 0.15) is 5.82 Å². The number of hydrogen-bond donors (Lipinski definition) is 2. The van der Waals surface area contributed by atoms with Gasteiger partial charge in [0.05, 0.1) is 10.4 Å². The number of nitrogens with zero attached hydrogens (tertiary/aromatic N) is 2. The number of aromatic nitrogens is 3. The van der Waals surface area contributed by atoms with E-state index in [1.54, 1.807) is 11.3 Å². The lowest BCUT2D eigenvalue weighted by Gasteiger charge is -2.35. The molecule has 3 N–H and O–H groups in total. The van der Waals surface area contributed by atoms with Gasteiger partial charge in [-0.15, -0.1) is 23.7 Å². The molecule has 0 unspecified atom stereocenters. The molecular formula is C10H13ClN4S. The van der Waals surface area contributed by atoms with Crippen molar-refractivity contribution in [2.45, 2.75) is 24.8 Å². The van der Waals surface area contributed by atoms with Crippen LogP contribution >= 0.6 is 23.7 Å². The largest absolute Gasteiger partial charge is 0.319 e. The highest BCUT2D eigenvalue weighted by Gasteiger charge is 2.37. The van der Waals surface area contributed by atoms with E-state index in [4.69, 9.17) is 5.73 Å². The van der Waals surface area contributed by atoms with Crippen molar-refractivity contribution < 1.29 is 0 Å². The van der Waals surface area contributed by atoms with E-state index in [1.165, 1.54) is 6.42 Å². The van der Waals surface area contributed by atoms with Gasteiger partial charge in [-0.25, -0.2) is 4.98 Å². The molecule has 16 heavy (non-hydrogen) atoms. The van der Waals surface area contributed by atoms with Crippen LogP contribution < -0.4 is 5.73 Å². The van der Waals surface area contributed by atoms with Gasteiger partial charge < -0.3 is 5.73 Å². The molecule has 1 aliphatic carbocycles. The molecule has 2 aromatic rings. The summed E-state index contributed by atoms with van der Waals surface area (Å²) in [4.78, 5) is 5.55. The van der Waals surface area contributed by atoms with Gasteiger partial charge in [0.15, 0.2) is 5.82 Å². The van der Waals surface area contributed by atoms with E-state index in [1.807, 2.05) is 17.5 Å². The van der Waals surface area contributed by atoms with Crippen molar-refractivity contribution in [3.05, 3.63) is 23.3 Å². The Morgan fingerprint density at radius 1 is 1.44 bits per heavy atom. The van der Waals surface area contributed by atoms with E-state index >= 15 is 0 Å². The molecule has 0 radical (unpaired) electrons. The summed E-state index contributed by atoms with van der Waals surface area (Å²) in [5.74, 6) is 1.59. The second-order valence-corrected chi connectivity index (χ2v) is 4.94. The van der Waals surface area contributed by atoms with Crippen LogP contribution in [0.25, 0.3) is 10.7 Å². The molecule has 3 rings (SSSR count). The molecule has 0 bridgehead atoms. The Kier molecular flexibility index (Phi) is 3.01. The van der Waals surface area contributed by atoms with Crippen LogP contribution in [0.15, 0.2) is 17.5 Å². The van der Waals surface area contributed by atoms with Gasteiger partial charge in [0.25, 0.3) is 0 Å². The minimum atomic E-state index is -0.248. The minimum Gasteiger partial charge on any atom is -0.319 e. The van der Waals surface area contributed by atoms with E-state index in [2.05, 4.69) is 15.2 Å². The molecule has 1 aliphatic rings. The molecule has 2 heterocycles. The SMILES string of the molecule is Cl.NC1(c2nc(-c3cccs3)n[nH]2)CCC1. The normalized spacial score (nSPS) is 17.6. The van der Waals surface area contributed by atoms with Crippen molar-refractivity contribution >= 4 is 23.7 Å². The van der Waals surface area contributed by atoms with Crippen LogP contribution in [0.1, 0.15) is 25.1 Å². The van der Waals surface area contributed by atoms with E-state index < -0.39 is 0 Å². The van der Waals surface area contributed by atoms with Gasteiger partial charge in [0.2, 0.25) is 0 Å². The lowest BCUT2D eigenvalue weighted by atomic mass is 9.77. The predicted octanol–water partition coefficient (Wildman–Crippen LogP) is 2.29. The van der Waals surface area contributed by atoms with E-state index in [0.29, 0.717) is 0 Å². The highest BCUT2D eigenvalue weighted by Crippen LogP contribution is 2.37. The second-order valence-electron chi connectivity index (χ2n) is 3.99. The molecule has 0 aliphatic heterocycles. The molecule has 0 amide bonds. The Bertz CT molecular complexity index is 461. The molecule has 86 valence electrons. The summed E-state index contributed by atoms with van der Waals surface area (Å²) < 4.78 is 0. The zero-order valence-electron chi connectivity index (χ0n) is 8.64. The van der Waals surface area contributed by atoms with E-state index in [0.717, 1.165) is 29.4 Å². The van der Waals surface area contributed by atoms with Crippen molar-refractivity contribution in [2.24, 2.45) is 5.73 Å². The van der Waals surface area contributed by atoms with Crippen LogP contribution in [0.5, 0.6) is 0 Å². The smallest absolute Gasteiger partial charge is 0.191 e. The maximum absolute atomic E-state index is 6.16. The summed E-state index contributed by atoms with van der Waals surface area (Å²) in [7, 11) is 0. The van der Waals surface area contributed by atoms with Crippen molar-refractivity contribution in [2.75, 3.05) is 0 Å². The van der Waals surface area contributed by atoms with Crippen LogP contribution in [0, 0.1) is 0 Å². The summed E-state index contributed by atoms with van der Waals surface area (Å²) in [6, 6.07) is 4.01. The lowest BCUT2D eigenvalue weighted by molar-refractivity contribution is 0.239. The number of rotatable bonds is 2. The monoisotopic (exact) mass is 256 g/mol. The van der Waals surface area contributed by atoms with Crippen LogP contribution in [0.3, 0.4) is 0 Å². The Balaban J connectivity index is 0.000000963. The van der Waals surface area contributed by atoms with Gasteiger partial charge in [-0.3, -0.25) is 5.10 Å². The van der Waals surface area contributed by atoms with Crippen molar-refractivity contribution in [1.29, 1.82) is 0 Å². The fourth-order valence-corrected chi connectivity index (χ4v) is 2.45. The number of halogens is 1. The topological polar surface area (TPSA) is 67.6 Å². The first-order valence-electron chi connectivity index (χ1n) is 5.04. The average Bonchev–Trinajstić information content (AvgIpc) is 2.84. The van der Waals surface area contributed by atoms with E-state index in [9.17, 15) is 0 Å². The van der Waals surface area contributed by atoms with Crippen LogP contribution in [0.4, 0.5) is 0 Å². The van der Waals surface area contributed by atoms with Crippen LogP contribution in [0.2, 0.25) is 0 Å². The number of nitrogens with one attached hydrogen (secondary N) is 1. The van der Waals surface area contributed by atoms with Crippen LogP contribution in [-0.4, -0.2) is 15.2 Å². The molecule has 0 aromatic carbocycles. The Morgan fingerprint density at radius 3 is 2.81 bits per heavy atom. The number of hydrogen-bond acceptors (Lipinski definition) is 4.